The Kier molecular flexibility index (Phi) is 6.69. The number of amides is 1. The second-order valence-corrected chi connectivity index (χ2v) is 10.1. The van der Waals surface area contributed by atoms with Crippen LogP contribution < -0.4 is 11.3 Å². The second-order valence-electron chi connectivity index (χ2n) is 9.67. The first-order chi connectivity index (χ1) is 17.4. The fourth-order valence-electron chi connectivity index (χ4n) is 4.75. The molecule has 2 aromatic carbocycles. The highest BCUT2D eigenvalue weighted by Gasteiger charge is 2.50. The SMILES string of the molecule is Cc1ccc(C(=O)N(CCCN)CC2(c3nn4ccc(Cl)c4c(=O)n3Cc3ccccc3)CC2)cc1. The lowest BCUT2D eigenvalue weighted by Crippen LogP contribution is -2.42. The molecule has 8 heteroatoms. The molecule has 36 heavy (non-hydrogen) atoms. The zero-order valence-electron chi connectivity index (χ0n) is 20.4. The van der Waals surface area contributed by atoms with Crippen LogP contribution in [0, 0.1) is 6.92 Å². The van der Waals surface area contributed by atoms with Crippen LogP contribution in [0.4, 0.5) is 0 Å². The Bertz CT molecular complexity index is 1440. The summed E-state index contributed by atoms with van der Waals surface area (Å²) < 4.78 is 3.31. The van der Waals surface area contributed by atoms with E-state index in [-0.39, 0.29) is 11.5 Å². The van der Waals surface area contributed by atoms with E-state index in [2.05, 4.69) is 0 Å². The maximum atomic E-state index is 13.7. The molecule has 2 heterocycles. The molecule has 4 aromatic rings. The van der Waals surface area contributed by atoms with Crippen molar-refractivity contribution >= 4 is 23.0 Å². The van der Waals surface area contributed by atoms with Crippen molar-refractivity contribution in [1.82, 2.24) is 19.1 Å². The van der Waals surface area contributed by atoms with Crippen molar-refractivity contribution < 1.29 is 4.79 Å². The number of aromatic nitrogens is 3. The van der Waals surface area contributed by atoms with Crippen molar-refractivity contribution in [2.75, 3.05) is 19.6 Å². The molecule has 1 amide bonds. The molecular weight excluding hydrogens is 474 g/mol. The van der Waals surface area contributed by atoms with Crippen molar-refractivity contribution in [2.24, 2.45) is 5.73 Å². The van der Waals surface area contributed by atoms with Crippen molar-refractivity contribution in [3.05, 3.63) is 105 Å². The molecule has 1 fully saturated rings. The number of halogens is 1. The second kappa shape index (κ2) is 9.91. The summed E-state index contributed by atoms with van der Waals surface area (Å²) in [6.45, 7) is 3.90. The van der Waals surface area contributed by atoms with Crippen molar-refractivity contribution in [3.63, 3.8) is 0 Å². The van der Waals surface area contributed by atoms with Gasteiger partial charge in [-0.05, 0) is 56.5 Å². The molecule has 2 aromatic heterocycles. The number of hydrogen-bond acceptors (Lipinski definition) is 4. The number of nitrogens with zero attached hydrogens (tertiary/aromatic N) is 4. The van der Waals surface area contributed by atoms with Crippen LogP contribution in [0.1, 0.15) is 46.6 Å². The molecule has 2 N–H and O–H groups in total. The van der Waals surface area contributed by atoms with Crippen molar-refractivity contribution in [2.45, 2.75) is 38.1 Å². The molecule has 1 aliphatic rings. The normalized spacial score (nSPS) is 14.2. The molecule has 1 saturated carbocycles. The highest BCUT2D eigenvalue weighted by Crippen LogP contribution is 2.48. The molecular formula is C28H30ClN5O2. The summed E-state index contributed by atoms with van der Waals surface area (Å²) in [6, 6.07) is 19.2. The fraction of sp³-hybridized carbons (Fsp3) is 0.321. The molecule has 186 valence electrons. The van der Waals surface area contributed by atoms with E-state index in [0.717, 1.165) is 24.0 Å². The lowest BCUT2D eigenvalue weighted by Gasteiger charge is -2.29. The smallest absolute Gasteiger partial charge is 0.279 e. The van der Waals surface area contributed by atoms with Gasteiger partial charge in [0.05, 0.1) is 11.6 Å². The van der Waals surface area contributed by atoms with Crippen LogP contribution in [-0.2, 0) is 12.0 Å². The number of nitrogens with two attached hydrogens (primary N) is 1. The van der Waals surface area contributed by atoms with Gasteiger partial charge < -0.3 is 10.6 Å². The summed E-state index contributed by atoms with van der Waals surface area (Å²) in [6.07, 6.45) is 4.10. The Labute approximate surface area is 215 Å². The van der Waals surface area contributed by atoms with E-state index < -0.39 is 5.41 Å². The summed E-state index contributed by atoms with van der Waals surface area (Å²) in [4.78, 5) is 29.1. The van der Waals surface area contributed by atoms with Gasteiger partial charge in [0, 0.05) is 30.3 Å². The predicted molar refractivity (Wildman–Crippen MR) is 142 cm³/mol. The molecule has 0 bridgehead atoms. The maximum Gasteiger partial charge on any atom is 0.279 e. The molecule has 0 atom stereocenters. The average Bonchev–Trinajstić information content (AvgIpc) is 3.58. The van der Waals surface area contributed by atoms with Crippen LogP contribution >= 0.6 is 11.6 Å². The number of benzene rings is 2. The minimum atomic E-state index is -0.409. The zero-order valence-corrected chi connectivity index (χ0v) is 21.1. The molecule has 1 aliphatic carbocycles. The first kappa shape index (κ1) is 24.3. The Balaban J connectivity index is 1.56. The highest BCUT2D eigenvalue weighted by atomic mass is 35.5. The van der Waals surface area contributed by atoms with E-state index in [1.807, 2.05) is 66.4 Å². The van der Waals surface area contributed by atoms with Gasteiger partial charge in [0.1, 0.15) is 11.3 Å². The van der Waals surface area contributed by atoms with E-state index in [0.29, 0.717) is 54.5 Å². The van der Waals surface area contributed by atoms with Crippen LogP contribution in [-0.4, -0.2) is 44.6 Å². The van der Waals surface area contributed by atoms with Gasteiger partial charge in [-0.1, -0.05) is 59.6 Å². The molecule has 0 spiro atoms. The summed E-state index contributed by atoms with van der Waals surface area (Å²) in [7, 11) is 0. The maximum absolute atomic E-state index is 13.7. The Morgan fingerprint density at radius 2 is 1.83 bits per heavy atom. The first-order valence-electron chi connectivity index (χ1n) is 12.3. The lowest BCUT2D eigenvalue weighted by atomic mass is 10.0. The van der Waals surface area contributed by atoms with Gasteiger partial charge in [-0.3, -0.25) is 14.2 Å². The standard InChI is InChI=1S/C28H30ClN5O2/c1-20-8-10-22(11-9-20)25(35)32(16-5-15-30)19-28(13-14-28)27-31-34-17-12-23(29)24(34)26(36)33(27)18-21-6-3-2-4-7-21/h2-4,6-12,17H,5,13-16,18-19,30H2,1H3. The fourth-order valence-corrected chi connectivity index (χ4v) is 4.97. The largest absolute Gasteiger partial charge is 0.338 e. The number of fused-ring (bicyclic) bond motifs is 1. The van der Waals surface area contributed by atoms with E-state index in [1.165, 1.54) is 0 Å². The molecule has 0 saturated heterocycles. The molecule has 5 rings (SSSR count). The van der Waals surface area contributed by atoms with Crippen molar-refractivity contribution in [1.29, 1.82) is 0 Å². The Hall–Kier alpha value is -3.42. The van der Waals surface area contributed by atoms with Gasteiger partial charge in [0.25, 0.3) is 11.5 Å². The zero-order chi connectivity index (χ0) is 25.3. The number of carbonyl (C=O) groups excluding carboxylic acids is 1. The molecule has 0 radical (unpaired) electrons. The average molecular weight is 504 g/mol. The number of rotatable bonds is 9. The number of hydrogen-bond donors (Lipinski definition) is 1. The van der Waals surface area contributed by atoms with Crippen LogP contribution in [0.2, 0.25) is 5.02 Å². The van der Waals surface area contributed by atoms with Gasteiger partial charge in [0.15, 0.2) is 0 Å². The van der Waals surface area contributed by atoms with Crippen molar-refractivity contribution in [3.8, 4) is 0 Å². The minimum Gasteiger partial charge on any atom is -0.338 e. The molecule has 0 aliphatic heterocycles. The van der Waals surface area contributed by atoms with E-state index in [1.54, 1.807) is 21.3 Å². The lowest BCUT2D eigenvalue weighted by molar-refractivity contribution is 0.0735. The number of carbonyl (C=O) groups is 1. The van der Waals surface area contributed by atoms with E-state index in [4.69, 9.17) is 22.4 Å². The monoisotopic (exact) mass is 503 g/mol. The van der Waals surface area contributed by atoms with E-state index in [9.17, 15) is 9.59 Å². The molecule has 0 unspecified atom stereocenters. The van der Waals surface area contributed by atoms with Crippen LogP contribution in [0.3, 0.4) is 0 Å². The Morgan fingerprint density at radius 3 is 2.50 bits per heavy atom. The molecule has 7 nitrogen and oxygen atoms in total. The van der Waals surface area contributed by atoms with E-state index >= 15 is 0 Å². The summed E-state index contributed by atoms with van der Waals surface area (Å²) in [5.74, 6) is 0.655. The van der Waals surface area contributed by atoms with Gasteiger partial charge in [0.2, 0.25) is 0 Å². The van der Waals surface area contributed by atoms with Gasteiger partial charge in [-0.25, -0.2) is 4.52 Å². The van der Waals surface area contributed by atoms with Gasteiger partial charge in [-0.2, -0.15) is 5.10 Å². The predicted octanol–water partition coefficient (Wildman–Crippen LogP) is 4.03. The highest BCUT2D eigenvalue weighted by molar-refractivity contribution is 6.33. The first-order valence-corrected chi connectivity index (χ1v) is 12.7. The third kappa shape index (κ3) is 4.68. The number of aryl methyl sites for hydroxylation is 1. The minimum absolute atomic E-state index is 0.0308. The van der Waals surface area contributed by atoms with Gasteiger partial charge in [-0.15, -0.1) is 0 Å². The Morgan fingerprint density at radius 1 is 1.11 bits per heavy atom. The topological polar surface area (TPSA) is 85.6 Å². The summed E-state index contributed by atoms with van der Waals surface area (Å²) in [5, 5.41) is 5.28. The third-order valence-electron chi connectivity index (χ3n) is 6.95. The third-order valence-corrected chi connectivity index (χ3v) is 7.25. The van der Waals surface area contributed by atoms with Crippen LogP contribution in [0.5, 0.6) is 0 Å². The summed E-state index contributed by atoms with van der Waals surface area (Å²) in [5.41, 5.74) is 8.34. The quantitative estimate of drug-likeness (QED) is 0.373. The summed E-state index contributed by atoms with van der Waals surface area (Å²) >= 11 is 6.36. The van der Waals surface area contributed by atoms with Crippen LogP contribution in [0.25, 0.3) is 5.52 Å². The van der Waals surface area contributed by atoms with Gasteiger partial charge >= 0.3 is 0 Å². The van der Waals surface area contributed by atoms with Crippen LogP contribution in [0.15, 0.2) is 71.7 Å².